The molecule has 1 N–H and O–H groups in total. The van der Waals surface area contributed by atoms with Crippen molar-refractivity contribution in [2.75, 3.05) is 5.32 Å². The fraction of sp³-hybridized carbons (Fsp3) is 0.222. The van der Waals surface area contributed by atoms with Crippen LogP contribution < -0.4 is 5.32 Å². The Labute approximate surface area is 146 Å². The van der Waals surface area contributed by atoms with Crippen molar-refractivity contribution in [3.05, 3.63) is 58.9 Å². The van der Waals surface area contributed by atoms with E-state index in [-0.39, 0.29) is 17.5 Å². The number of allylic oxidation sites excluding steroid dienone is 1. The Hall–Kier alpha value is -2.54. The van der Waals surface area contributed by atoms with Crippen LogP contribution in [-0.2, 0) is 11.2 Å². The van der Waals surface area contributed by atoms with Gasteiger partial charge in [0.05, 0.1) is 0 Å². The molecule has 0 aliphatic heterocycles. The summed E-state index contributed by atoms with van der Waals surface area (Å²) in [6, 6.07) is 8.12. The van der Waals surface area contributed by atoms with Crippen LogP contribution in [0.15, 0.2) is 42.0 Å². The Morgan fingerprint density at radius 3 is 3.08 bits per heavy atom. The quantitative estimate of drug-likeness (QED) is 0.743. The molecule has 2 heterocycles. The van der Waals surface area contributed by atoms with E-state index < -0.39 is 6.43 Å². The van der Waals surface area contributed by atoms with Gasteiger partial charge in [0.15, 0.2) is 5.82 Å². The molecule has 1 atom stereocenters. The van der Waals surface area contributed by atoms with Crippen LogP contribution in [0.1, 0.15) is 29.7 Å². The first-order valence-electron chi connectivity index (χ1n) is 7.90. The molecule has 0 saturated carbocycles. The van der Waals surface area contributed by atoms with E-state index in [9.17, 15) is 13.6 Å². The van der Waals surface area contributed by atoms with Gasteiger partial charge in [-0.15, -0.1) is 11.3 Å². The molecule has 0 saturated heterocycles. The highest BCUT2D eigenvalue weighted by Crippen LogP contribution is 2.30. The van der Waals surface area contributed by atoms with E-state index in [1.165, 1.54) is 27.2 Å². The summed E-state index contributed by atoms with van der Waals surface area (Å²) in [5.41, 5.74) is 2.31. The van der Waals surface area contributed by atoms with Gasteiger partial charge in [-0.05, 0) is 23.5 Å². The van der Waals surface area contributed by atoms with Crippen molar-refractivity contribution in [3.8, 4) is 0 Å². The average molecular weight is 359 g/mol. The predicted molar refractivity (Wildman–Crippen MR) is 93.9 cm³/mol. The summed E-state index contributed by atoms with van der Waals surface area (Å²) < 4.78 is 27.1. The molecule has 0 spiro atoms. The maximum Gasteiger partial charge on any atom is 0.279 e. The summed E-state index contributed by atoms with van der Waals surface area (Å²) in [7, 11) is 0. The van der Waals surface area contributed by atoms with E-state index in [0.29, 0.717) is 17.1 Å². The zero-order valence-corrected chi connectivity index (χ0v) is 14.0. The number of hydrogen-bond acceptors (Lipinski definition) is 3. The van der Waals surface area contributed by atoms with Gasteiger partial charge in [-0.1, -0.05) is 36.4 Å². The second kappa shape index (κ2) is 6.40. The number of imidazole rings is 1. The van der Waals surface area contributed by atoms with Gasteiger partial charge in [0.2, 0.25) is 5.91 Å². The van der Waals surface area contributed by atoms with Crippen molar-refractivity contribution in [1.82, 2.24) is 9.38 Å². The lowest BCUT2D eigenvalue weighted by molar-refractivity contribution is -0.116. The molecule has 1 amide bonds. The monoisotopic (exact) mass is 359 g/mol. The molecule has 1 unspecified atom stereocenters. The lowest BCUT2D eigenvalue weighted by Gasteiger charge is -2.18. The van der Waals surface area contributed by atoms with E-state index in [2.05, 4.69) is 22.4 Å². The van der Waals surface area contributed by atoms with Gasteiger partial charge in [-0.25, -0.2) is 13.8 Å². The van der Waals surface area contributed by atoms with Crippen LogP contribution >= 0.6 is 11.3 Å². The van der Waals surface area contributed by atoms with Crippen LogP contribution in [0.25, 0.3) is 10.9 Å². The first-order chi connectivity index (χ1) is 12.1. The van der Waals surface area contributed by atoms with Crippen LogP contribution in [0.3, 0.4) is 0 Å². The summed E-state index contributed by atoms with van der Waals surface area (Å²) in [5, 5.41) is 4.14. The molecular formula is C18H15F2N3OS. The van der Waals surface area contributed by atoms with Crippen molar-refractivity contribution < 1.29 is 13.6 Å². The number of fused-ring (bicyclic) bond motifs is 2. The van der Waals surface area contributed by atoms with Gasteiger partial charge >= 0.3 is 0 Å². The van der Waals surface area contributed by atoms with Crippen LogP contribution in [0.5, 0.6) is 0 Å². The van der Waals surface area contributed by atoms with Crippen molar-refractivity contribution in [2.24, 2.45) is 5.92 Å². The van der Waals surface area contributed by atoms with E-state index in [1.807, 2.05) is 24.3 Å². The first-order valence-corrected chi connectivity index (χ1v) is 8.78. The van der Waals surface area contributed by atoms with Gasteiger partial charge in [0.25, 0.3) is 6.43 Å². The van der Waals surface area contributed by atoms with Gasteiger partial charge in [0, 0.05) is 11.8 Å². The Balaban J connectivity index is 1.45. The van der Waals surface area contributed by atoms with Crippen molar-refractivity contribution in [1.29, 1.82) is 0 Å². The minimum absolute atomic E-state index is 0.111. The number of carbonyl (C=O) groups is 1. The lowest BCUT2D eigenvalue weighted by Crippen LogP contribution is -2.18. The van der Waals surface area contributed by atoms with Gasteiger partial charge in [-0.3, -0.25) is 9.20 Å². The SMILES string of the molecule is O=C(CC1C=Cc2ccccc2C1)Nc1ncn2c(C(F)F)csc12. The second-order valence-electron chi connectivity index (χ2n) is 6.00. The number of carbonyl (C=O) groups excluding carboxylic acids is 1. The molecule has 1 aliphatic rings. The molecule has 7 heteroatoms. The maximum absolute atomic E-state index is 12.9. The molecule has 4 rings (SSSR count). The molecule has 0 bridgehead atoms. The number of alkyl halides is 2. The van der Waals surface area contributed by atoms with Gasteiger partial charge in [0.1, 0.15) is 16.9 Å². The van der Waals surface area contributed by atoms with E-state index in [1.54, 1.807) is 0 Å². The van der Waals surface area contributed by atoms with Gasteiger partial charge in [-0.2, -0.15) is 0 Å². The third-order valence-electron chi connectivity index (χ3n) is 4.31. The minimum Gasteiger partial charge on any atom is -0.308 e. The number of thiazole rings is 1. The number of hydrogen-bond donors (Lipinski definition) is 1. The molecule has 0 radical (unpaired) electrons. The zero-order chi connectivity index (χ0) is 17.4. The number of amides is 1. The summed E-state index contributed by atoms with van der Waals surface area (Å²) in [6.07, 6.45) is 3.98. The topological polar surface area (TPSA) is 46.4 Å². The third kappa shape index (κ3) is 3.07. The summed E-state index contributed by atoms with van der Waals surface area (Å²) in [5.74, 6) is 0.289. The summed E-state index contributed by atoms with van der Waals surface area (Å²) >= 11 is 1.15. The molecule has 3 aromatic rings. The van der Waals surface area contributed by atoms with Crippen LogP contribution in [-0.4, -0.2) is 15.3 Å². The van der Waals surface area contributed by atoms with Crippen LogP contribution in [0.4, 0.5) is 14.6 Å². The Morgan fingerprint density at radius 2 is 2.24 bits per heavy atom. The van der Waals surface area contributed by atoms with Gasteiger partial charge < -0.3 is 5.32 Å². The number of halogens is 2. The number of nitrogens with zero attached hydrogens (tertiary/aromatic N) is 2. The number of anilines is 1. The molecule has 25 heavy (non-hydrogen) atoms. The first kappa shape index (κ1) is 16.0. The van der Waals surface area contributed by atoms with Crippen LogP contribution in [0.2, 0.25) is 0 Å². The van der Waals surface area contributed by atoms with Crippen molar-refractivity contribution in [2.45, 2.75) is 19.3 Å². The summed E-state index contributed by atoms with van der Waals surface area (Å²) in [4.78, 5) is 16.9. The highest BCUT2D eigenvalue weighted by Gasteiger charge is 2.20. The maximum atomic E-state index is 12.9. The Kier molecular flexibility index (Phi) is 4.09. The van der Waals surface area contributed by atoms with Crippen molar-refractivity contribution in [3.63, 3.8) is 0 Å². The number of rotatable bonds is 4. The third-order valence-corrected chi connectivity index (χ3v) is 5.28. The fourth-order valence-corrected chi connectivity index (χ4v) is 4.01. The number of benzene rings is 1. The molecular weight excluding hydrogens is 344 g/mol. The second-order valence-corrected chi connectivity index (χ2v) is 6.86. The van der Waals surface area contributed by atoms with Crippen LogP contribution in [0, 0.1) is 5.92 Å². The predicted octanol–water partition coefficient (Wildman–Crippen LogP) is 4.55. The number of nitrogens with one attached hydrogen (secondary N) is 1. The largest absolute Gasteiger partial charge is 0.308 e. The molecule has 2 aromatic heterocycles. The van der Waals surface area contributed by atoms with E-state index in [4.69, 9.17) is 0 Å². The molecule has 0 fully saturated rings. The van der Waals surface area contributed by atoms with Crippen molar-refractivity contribution >= 4 is 34.0 Å². The average Bonchev–Trinajstić information content (AvgIpc) is 3.17. The standard InChI is InChI=1S/C18H15F2N3OS/c19-16(20)14-9-25-18-17(21-10-23(14)18)22-15(24)8-11-5-6-12-3-1-2-4-13(12)7-11/h1-6,9-11,16H,7-8H2,(H,22,24). The highest BCUT2D eigenvalue weighted by atomic mass is 32.1. The smallest absolute Gasteiger partial charge is 0.279 e. The number of aromatic nitrogens is 2. The Bertz CT molecular complexity index is 960. The molecule has 1 aliphatic carbocycles. The zero-order valence-electron chi connectivity index (χ0n) is 13.2. The van der Waals surface area contributed by atoms with E-state index in [0.717, 1.165) is 17.8 Å². The van der Waals surface area contributed by atoms with E-state index >= 15 is 0 Å². The summed E-state index contributed by atoms with van der Waals surface area (Å²) in [6.45, 7) is 0. The molecule has 1 aromatic carbocycles. The fourth-order valence-electron chi connectivity index (χ4n) is 3.08. The minimum atomic E-state index is -2.57. The normalized spacial score (nSPS) is 16.4. The highest BCUT2D eigenvalue weighted by molar-refractivity contribution is 7.16. The Morgan fingerprint density at radius 1 is 1.40 bits per heavy atom. The molecule has 128 valence electrons. The molecule has 4 nitrogen and oxygen atoms in total. The lowest BCUT2D eigenvalue weighted by atomic mass is 9.87.